The fourth-order valence-electron chi connectivity index (χ4n) is 4.11. The Labute approximate surface area is 178 Å². The minimum Gasteiger partial charge on any atom is -0.354 e. The van der Waals surface area contributed by atoms with Crippen LogP contribution in [0.4, 0.5) is 15.9 Å². The van der Waals surface area contributed by atoms with E-state index in [1.54, 1.807) is 36.1 Å². The topological polar surface area (TPSA) is 87.5 Å². The lowest BCUT2D eigenvalue weighted by molar-refractivity contribution is 0.102. The molecule has 8 nitrogen and oxygen atoms in total. The van der Waals surface area contributed by atoms with Crippen LogP contribution in [0.5, 0.6) is 0 Å². The second-order valence-corrected chi connectivity index (χ2v) is 7.76. The summed E-state index contributed by atoms with van der Waals surface area (Å²) in [5.74, 6) is -0.0814. The molecule has 158 valence electrons. The number of halogens is 1. The van der Waals surface area contributed by atoms with E-state index in [0.717, 1.165) is 30.7 Å². The molecule has 1 amide bonds. The van der Waals surface area contributed by atoms with Crippen LogP contribution in [0.1, 0.15) is 22.5 Å². The van der Waals surface area contributed by atoms with E-state index in [2.05, 4.69) is 30.5 Å². The number of aromatic nitrogens is 4. The molecule has 4 aromatic heterocycles. The Balaban J connectivity index is 1.49. The molecule has 5 rings (SSSR count). The number of imidazole rings is 1. The standard InChI is InChI=1S/C22H22FN7O/c1-13-10-30-12-15(8-18(23)21(30)27-13)28-22(31)17-9-26-20(16-4-3-6-25-19(16)17)29-7-5-14(11-29)24-2/h3-4,6,8-10,12,14,24H,5,7,11H2,1-2H3,(H,28,31)/t14-/m1/s1. The average Bonchev–Trinajstić information content (AvgIpc) is 3.39. The zero-order chi connectivity index (χ0) is 21.5. The highest BCUT2D eigenvalue weighted by atomic mass is 19.1. The van der Waals surface area contributed by atoms with Gasteiger partial charge < -0.3 is 19.9 Å². The van der Waals surface area contributed by atoms with E-state index < -0.39 is 11.7 Å². The molecule has 0 saturated carbocycles. The second-order valence-electron chi connectivity index (χ2n) is 7.76. The molecule has 5 heterocycles. The van der Waals surface area contributed by atoms with Crippen molar-refractivity contribution < 1.29 is 9.18 Å². The third-order valence-electron chi connectivity index (χ3n) is 5.64. The van der Waals surface area contributed by atoms with Gasteiger partial charge in [-0.05, 0) is 32.5 Å². The van der Waals surface area contributed by atoms with E-state index in [-0.39, 0.29) is 5.65 Å². The molecule has 0 spiro atoms. The number of carbonyl (C=O) groups is 1. The van der Waals surface area contributed by atoms with Crippen molar-refractivity contribution in [1.82, 2.24) is 24.7 Å². The van der Waals surface area contributed by atoms with Gasteiger partial charge in [0.25, 0.3) is 5.91 Å². The first-order valence-electron chi connectivity index (χ1n) is 10.2. The predicted molar refractivity (Wildman–Crippen MR) is 117 cm³/mol. The number of hydrogen-bond acceptors (Lipinski definition) is 6. The van der Waals surface area contributed by atoms with Crippen molar-refractivity contribution in [1.29, 1.82) is 0 Å². The monoisotopic (exact) mass is 419 g/mol. The Morgan fingerprint density at radius 3 is 2.97 bits per heavy atom. The Morgan fingerprint density at radius 1 is 1.29 bits per heavy atom. The molecular weight excluding hydrogens is 397 g/mol. The van der Waals surface area contributed by atoms with Crippen LogP contribution < -0.4 is 15.5 Å². The zero-order valence-corrected chi connectivity index (χ0v) is 17.3. The van der Waals surface area contributed by atoms with Crippen molar-refractivity contribution in [3.63, 3.8) is 0 Å². The van der Waals surface area contributed by atoms with Gasteiger partial charge in [0, 0.05) is 55.4 Å². The van der Waals surface area contributed by atoms with Crippen molar-refractivity contribution >= 4 is 34.0 Å². The largest absolute Gasteiger partial charge is 0.354 e. The lowest BCUT2D eigenvalue weighted by Crippen LogP contribution is -2.30. The summed E-state index contributed by atoms with van der Waals surface area (Å²) in [5.41, 5.74) is 2.15. The van der Waals surface area contributed by atoms with Gasteiger partial charge in [-0.15, -0.1) is 0 Å². The number of hydrogen-bond donors (Lipinski definition) is 2. The van der Waals surface area contributed by atoms with Crippen molar-refractivity contribution in [2.24, 2.45) is 0 Å². The highest BCUT2D eigenvalue weighted by Gasteiger charge is 2.25. The lowest BCUT2D eigenvalue weighted by atomic mass is 10.1. The minimum absolute atomic E-state index is 0.221. The third kappa shape index (κ3) is 3.46. The van der Waals surface area contributed by atoms with E-state index in [9.17, 15) is 9.18 Å². The van der Waals surface area contributed by atoms with Gasteiger partial charge in [0.1, 0.15) is 5.82 Å². The van der Waals surface area contributed by atoms with Crippen LogP contribution in [0.15, 0.2) is 43.0 Å². The average molecular weight is 419 g/mol. The van der Waals surface area contributed by atoms with Gasteiger partial charge in [-0.25, -0.2) is 14.4 Å². The molecule has 31 heavy (non-hydrogen) atoms. The minimum atomic E-state index is -0.504. The van der Waals surface area contributed by atoms with Crippen LogP contribution in [0.2, 0.25) is 0 Å². The quantitative estimate of drug-likeness (QED) is 0.529. The number of nitrogens with zero attached hydrogens (tertiary/aromatic N) is 5. The summed E-state index contributed by atoms with van der Waals surface area (Å²) < 4.78 is 15.9. The maximum atomic E-state index is 14.4. The molecule has 0 radical (unpaired) electrons. The molecule has 1 aliphatic rings. The number of pyridine rings is 3. The molecule has 9 heteroatoms. The molecule has 2 N–H and O–H groups in total. The summed E-state index contributed by atoms with van der Waals surface area (Å²) >= 11 is 0. The van der Waals surface area contributed by atoms with Gasteiger partial charge in [0.05, 0.1) is 22.5 Å². The Hall–Kier alpha value is -3.59. The first-order valence-corrected chi connectivity index (χ1v) is 10.2. The summed E-state index contributed by atoms with van der Waals surface area (Å²) in [5, 5.41) is 6.89. The van der Waals surface area contributed by atoms with Gasteiger partial charge in [-0.1, -0.05) is 0 Å². The second kappa shape index (κ2) is 7.59. The van der Waals surface area contributed by atoms with Crippen molar-refractivity contribution in [2.45, 2.75) is 19.4 Å². The maximum absolute atomic E-state index is 14.4. The Morgan fingerprint density at radius 2 is 2.16 bits per heavy atom. The van der Waals surface area contributed by atoms with Crippen LogP contribution in [0, 0.1) is 12.7 Å². The first kappa shape index (κ1) is 19.4. The number of rotatable bonds is 4. The van der Waals surface area contributed by atoms with Gasteiger partial charge in [0.2, 0.25) is 0 Å². The summed E-state index contributed by atoms with van der Waals surface area (Å²) in [4.78, 5) is 28.4. The molecule has 1 fully saturated rings. The number of fused-ring (bicyclic) bond motifs is 2. The van der Waals surface area contributed by atoms with Crippen molar-refractivity contribution in [2.75, 3.05) is 30.4 Å². The van der Waals surface area contributed by atoms with Crippen molar-refractivity contribution in [3.05, 3.63) is 60.1 Å². The molecule has 0 aliphatic carbocycles. The number of aryl methyl sites for hydroxylation is 1. The fraction of sp³-hybridized carbons (Fsp3) is 0.273. The SMILES string of the molecule is CN[C@@H]1CCN(c2ncc(C(=O)Nc3cc(F)c4nc(C)cn4c3)c3ncccc23)C1. The first-order chi connectivity index (χ1) is 15.0. The van der Waals surface area contributed by atoms with E-state index in [1.807, 2.05) is 19.2 Å². The highest BCUT2D eigenvalue weighted by molar-refractivity contribution is 6.13. The molecule has 1 aliphatic heterocycles. The molecule has 0 bridgehead atoms. The number of nitrogens with one attached hydrogen (secondary N) is 2. The third-order valence-corrected chi connectivity index (χ3v) is 5.64. The highest BCUT2D eigenvalue weighted by Crippen LogP contribution is 2.29. The fourth-order valence-corrected chi connectivity index (χ4v) is 4.11. The number of anilines is 2. The molecule has 1 atom stereocenters. The van der Waals surface area contributed by atoms with E-state index in [0.29, 0.717) is 28.5 Å². The smallest absolute Gasteiger partial charge is 0.259 e. The summed E-state index contributed by atoms with van der Waals surface area (Å²) in [6.07, 6.45) is 7.57. The van der Waals surface area contributed by atoms with Crippen LogP contribution in [-0.2, 0) is 0 Å². The van der Waals surface area contributed by atoms with E-state index in [1.165, 1.54) is 6.07 Å². The van der Waals surface area contributed by atoms with Gasteiger partial charge in [0.15, 0.2) is 11.5 Å². The molecule has 4 aromatic rings. The van der Waals surface area contributed by atoms with Crippen molar-refractivity contribution in [3.8, 4) is 0 Å². The number of carbonyl (C=O) groups excluding carboxylic acids is 1. The maximum Gasteiger partial charge on any atom is 0.259 e. The Kier molecular flexibility index (Phi) is 4.74. The molecular formula is C22H22FN7O. The predicted octanol–water partition coefficient (Wildman–Crippen LogP) is 2.78. The molecule has 0 unspecified atom stereocenters. The van der Waals surface area contributed by atoms with Gasteiger partial charge >= 0.3 is 0 Å². The van der Waals surface area contributed by atoms with Crippen LogP contribution in [0.25, 0.3) is 16.6 Å². The summed E-state index contributed by atoms with van der Waals surface area (Å²) in [6.45, 7) is 3.52. The number of likely N-dealkylation sites (N-methyl/N-ethyl adjacent to an activating group) is 1. The summed E-state index contributed by atoms with van der Waals surface area (Å²) in [7, 11) is 1.96. The van der Waals surface area contributed by atoms with Gasteiger partial charge in [-0.2, -0.15) is 0 Å². The van der Waals surface area contributed by atoms with E-state index in [4.69, 9.17) is 0 Å². The van der Waals surface area contributed by atoms with Crippen LogP contribution in [-0.4, -0.2) is 51.4 Å². The molecule has 1 saturated heterocycles. The molecule has 0 aromatic carbocycles. The lowest BCUT2D eigenvalue weighted by Gasteiger charge is -2.20. The number of amides is 1. The van der Waals surface area contributed by atoms with Crippen LogP contribution in [0.3, 0.4) is 0 Å². The normalized spacial score (nSPS) is 16.4. The Bertz CT molecular complexity index is 1300. The van der Waals surface area contributed by atoms with Crippen LogP contribution >= 0.6 is 0 Å². The van der Waals surface area contributed by atoms with Gasteiger partial charge in [-0.3, -0.25) is 9.78 Å². The van der Waals surface area contributed by atoms with E-state index >= 15 is 0 Å². The zero-order valence-electron chi connectivity index (χ0n) is 17.3. The summed E-state index contributed by atoms with van der Waals surface area (Å²) in [6, 6.07) is 5.44.